The maximum Gasteiger partial charge on any atom is 0.223 e. The third-order valence-electron chi connectivity index (χ3n) is 4.92. The zero-order valence-electron chi connectivity index (χ0n) is 18.5. The molecule has 0 saturated heterocycles. The standard InChI is InChI=1S/C24H35ClN2O2/c1-19(16-24(2,3)4)14-23(28)27(12-13-29-5)18-22-10-7-11-26(22)17-20-8-6-9-21(25)15-20/h6-11,15,19H,12-14,16-18H2,1-5H3/t19-/m0/s1. The minimum absolute atomic E-state index is 0.189. The van der Waals surface area contributed by atoms with Gasteiger partial charge < -0.3 is 14.2 Å². The van der Waals surface area contributed by atoms with E-state index < -0.39 is 0 Å². The Labute approximate surface area is 180 Å². The number of carbonyl (C=O) groups is 1. The van der Waals surface area contributed by atoms with E-state index >= 15 is 0 Å². The molecule has 0 unspecified atom stereocenters. The predicted molar refractivity (Wildman–Crippen MR) is 120 cm³/mol. The first-order valence-electron chi connectivity index (χ1n) is 10.3. The fourth-order valence-corrected chi connectivity index (χ4v) is 4.03. The number of hydrogen-bond acceptors (Lipinski definition) is 2. The van der Waals surface area contributed by atoms with Gasteiger partial charge in [-0.2, -0.15) is 0 Å². The Balaban J connectivity index is 2.08. The Morgan fingerprint density at radius 2 is 2.00 bits per heavy atom. The summed E-state index contributed by atoms with van der Waals surface area (Å²) in [6.45, 7) is 11.3. The van der Waals surface area contributed by atoms with Crippen LogP contribution in [0.2, 0.25) is 5.02 Å². The molecule has 5 heteroatoms. The Morgan fingerprint density at radius 1 is 1.24 bits per heavy atom. The van der Waals surface area contributed by atoms with Crippen LogP contribution in [-0.2, 0) is 22.6 Å². The van der Waals surface area contributed by atoms with Crippen molar-refractivity contribution in [3.63, 3.8) is 0 Å². The minimum Gasteiger partial charge on any atom is -0.383 e. The molecule has 0 N–H and O–H groups in total. The molecule has 160 valence electrons. The van der Waals surface area contributed by atoms with E-state index in [9.17, 15) is 4.79 Å². The molecule has 0 radical (unpaired) electrons. The van der Waals surface area contributed by atoms with Gasteiger partial charge in [-0.15, -0.1) is 0 Å². The molecule has 1 heterocycles. The number of ether oxygens (including phenoxy) is 1. The highest BCUT2D eigenvalue weighted by molar-refractivity contribution is 6.30. The van der Waals surface area contributed by atoms with Gasteiger partial charge in [0.1, 0.15) is 0 Å². The molecule has 0 saturated carbocycles. The highest BCUT2D eigenvalue weighted by atomic mass is 35.5. The first-order chi connectivity index (χ1) is 13.7. The number of nitrogens with zero attached hydrogens (tertiary/aromatic N) is 2. The van der Waals surface area contributed by atoms with E-state index in [1.807, 2.05) is 29.2 Å². The number of methoxy groups -OCH3 is 1. The number of hydrogen-bond donors (Lipinski definition) is 0. The van der Waals surface area contributed by atoms with Gasteiger partial charge in [-0.1, -0.05) is 51.4 Å². The van der Waals surface area contributed by atoms with Crippen molar-refractivity contribution in [1.29, 1.82) is 0 Å². The van der Waals surface area contributed by atoms with Gasteiger partial charge in [0.15, 0.2) is 0 Å². The molecular formula is C24H35ClN2O2. The summed E-state index contributed by atoms with van der Waals surface area (Å²) >= 11 is 6.13. The van der Waals surface area contributed by atoms with E-state index in [4.69, 9.17) is 16.3 Å². The largest absolute Gasteiger partial charge is 0.383 e. The van der Waals surface area contributed by atoms with Crippen molar-refractivity contribution >= 4 is 17.5 Å². The van der Waals surface area contributed by atoms with Crippen molar-refractivity contribution in [2.24, 2.45) is 11.3 Å². The number of amides is 1. The van der Waals surface area contributed by atoms with Gasteiger partial charge in [0.05, 0.1) is 13.2 Å². The van der Waals surface area contributed by atoms with Crippen molar-refractivity contribution in [1.82, 2.24) is 9.47 Å². The molecule has 4 nitrogen and oxygen atoms in total. The number of aromatic nitrogens is 1. The lowest BCUT2D eigenvalue weighted by Gasteiger charge is -2.27. The van der Waals surface area contributed by atoms with E-state index in [0.29, 0.717) is 32.0 Å². The van der Waals surface area contributed by atoms with Crippen LogP contribution >= 0.6 is 11.6 Å². The maximum atomic E-state index is 13.0. The summed E-state index contributed by atoms with van der Waals surface area (Å²) in [6, 6.07) is 12.0. The smallest absolute Gasteiger partial charge is 0.223 e. The van der Waals surface area contributed by atoms with Crippen molar-refractivity contribution in [2.45, 2.75) is 53.6 Å². The van der Waals surface area contributed by atoms with Crippen LogP contribution in [0.1, 0.15) is 51.8 Å². The number of benzene rings is 1. The van der Waals surface area contributed by atoms with Gasteiger partial charge in [-0.3, -0.25) is 4.79 Å². The molecular weight excluding hydrogens is 384 g/mol. The number of carbonyl (C=O) groups excluding carboxylic acids is 1. The van der Waals surface area contributed by atoms with E-state index in [1.165, 1.54) is 0 Å². The van der Waals surface area contributed by atoms with Gasteiger partial charge in [0.2, 0.25) is 5.91 Å². The zero-order valence-corrected chi connectivity index (χ0v) is 19.2. The number of rotatable bonds is 10. The average Bonchev–Trinajstić information content (AvgIpc) is 3.03. The van der Waals surface area contributed by atoms with Crippen molar-refractivity contribution in [3.05, 3.63) is 58.9 Å². The van der Waals surface area contributed by atoms with Crippen LogP contribution in [0.5, 0.6) is 0 Å². The van der Waals surface area contributed by atoms with Crippen LogP contribution in [0, 0.1) is 11.3 Å². The van der Waals surface area contributed by atoms with Crippen LogP contribution < -0.4 is 0 Å². The Bertz CT molecular complexity index is 779. The van der Waals surface area contributed by atoms with Crippen LogP contribution in [-0.4, -0.2) is 35.6 Å². The average molecular weight is 419 g/mol. The summed E-state index contributed by atoms with van der Waals surface area (Å²) in [5.41, 5.74) is 2.48. The lowest BCUT2D eigenvalue weighted by molar-refractivity contribution is -0.133. The van der Waals surface area contributed by atoms with Crippen LogP contribution in [0.15, 0.2) is 42.6 Å². The monoisotopic (exact) mass is 418 g/mol. The summed E-state index contributed by atoms with van der Waals surface area (Å²) in [6.07, 6.45) is 3.65. The molecule has 2 rings (SSSR count). The molecule has 0 aliphatic carbocycles. The second kappa shape index (κ2) is 10.8. The van der Waals surface area contributed by atoms with Gasteiger partial charge in [-0.25, -0.2) is 0 Å². The first-order valence-corrected chi connectivity index (χ1v) is 10.7. The van der Waals surface area contributed by atoms with Gasteiger partial charge in [0.25, 0.3) is 0 Å². The van der Waals surface area contributed by atoms with E-state index in [2.05, 4.69) is 50.6 Å². The zero-order chi connectivity index (χ0) is 21.4. The molecule has 1 atom stereocenters. The lowest BCUT2D eigenvalue weighted by Crippen LogP contribution is -2.35. The molecule has 2 aromatic rings. The van der Waals surface area contributed by atoms with Crippen molar-refractivity contribution in [2.75, 3.05) is 20.3 Å². The quantitative estimate of drug-likeness (QED) is 0.501. The summed E-state index contributed by atoms with van der Waals surface area (Å²) < 4.78 is 7.43. The summed E-state index contributed by atoms with van der Waals surface area (Å²) in [7, 11) is 1.67. The SMILES string of the molecule is COCCN(Cc1cccn1Cc1cccc(Cl)c1)C(=O)C[C@H](C)CC(C)(C)C. The van der Waals surface area contributed by atoms with Gasteiger partial charge >= 0.3 is 0 Å². The molecule has 0 bridgehead atoms. The van der Waals surface area contributed by atoms with Crippen LogP contribution in [0.4, 0.5) is 0 Å². The van der Waals surface area contributed by atoms with Crippen LogP contribution in [0.3, 0.4) is 0 Å². The minimum atomic E-state index is 0.189. The summed E-state index contributed by atoms with van der Waals surface area (Å²) in [4.78, 5) is 15.0. The molecule has 29 heavy (non-hydrogen) atoms. The fraction of sp³-hybridized carbons (Fsp3) is 0.542. The third-order valence-corrected chi connectivity index (χ3v) is 5.16. The normalized spacial score (nSPS) is 12.8. The summed E-state index contributed by atoms with van der Waals surface area (Å²) in [5, 5.41) is 0.737. The van der Waals surface area contributed by atoms with Crippen molar-refractivity contribution in [3.8, 4) is 0 Å². The Morgan fingerprint density at radius 3 is 2.66 bits per heavy atom. The highest BCUT2D eigenvalue weighted by Crippen LogP contribution is 2.26. The summed E-state index contributed by atoms with van der Waals surface area (Å²) in [5.74, 6) is 0.542. The topological polar surface area (TPSA) is 34.5 Å². The second-order valence-electron chi connectivity index (χ2n) is 9.14. The molecule has 1 amide bonds. The Hall–Kier alpha value is -1.78. The van der Waals surface area contributed by atoms with Crippen LogP contribution in [0.25, 0.3) is 0 Å². The van der Waals surface area contributed by atoms with Crippen molar-refractivity contribution < 1.29 is 9.53 Å². The molecule has 0 aliphatic rings. The first kappa shape index (κ1) is 23.5. The third kappa shape index (κ3) is 8.23. The second-order valence-corrected chi connectivity index (χ2v) is 9.58. The predicted octanol–water partition coefficient (Wildman–Crippen LogP) is 5.63. The number of halogens is 1. The molecule has 1 aromatic heterocycles. The van der Waals surface area contributed by atoms with E-state index in [-0.39, 0.29) is 11.3 Å². The van der Waals surface area contributed by atoms with E-state index in [1.54, 1.807) is 7.11 Å². The van der Waals surface area contributed by atoms with Gasteiger partial charge in [-0.05, 0) is 47.6 Å². The maximum absolute atomic E-state index is 13.0. The molecule has 1 aromatic carbocycles. The molecule has 0 aliphatic heterocycles. The highest BCUT2D eigenvalue weighted by Gasteiger charge is 2.22. The van der Waals surface area contributed by atoms with Gasteiger partial charge in [0, 0.05) is 43.5 Å². The Kier molecular flexibility index (Phi) is 8.79. The fourth-order valence-electron chi connectivity index (χ4n) is 3.81. The molecule has 0 spiro atoms. The molecule has 0 fully saturated rings. The lowest BCUT2D eigenvalue weighted by atomic mass is 9.84. The van der Waals surface area contributed by atoms with E-state index in [0.717, 1.165) is 29.2 Å².